The number of rotatable bonds is 4. The fourth-order valence-electron chi connectivity index (χ4n) is 1.61. The van der Waals surface area contributed by atoms with E-state index < -0.39 is 0 Å². The van der Waals surface area contributed by atoms with Gasteiger partial charge in [-0.2, -0.15) is 0 Å². The molecule has 1 rings (SSSR count). The van der Waals surface area contributed by atoms with Gasteiger partial charge in [-0.3, -0.25) is 0 Å². The zero-order chi connectivity index (χ0) is 11.3. The van der Waals surface area contributed by atoms with Crippen molar-refractivity contribution in [3.8, 4) is 0 Å². The molecule has 0 bridgehead atoms. The quantitative estimate of drug-likeness (QED) is 0.623. The van der Waals surface area contributed by atoms with Crippen molar-refractivity contribution in [2.45, 2.75) is 20.3 Å². The molecule has 0 heteroatoms. The molecule has 0 heterocycles. The van der Waals surface area contributed by atoms with Gasteiger partial charge in [0.15, 0.2) is 0 Å². The first kappa shape index (κ1) is 11.5. The summed E-state index contributed by atoms with van der Waals surface area (Å²) in [5.41, 5.74) is 4.92. The SMILES string of the molecule is C=C/C(CC)=C(\C=C)c1ccc(C)cc1. The summed E-state index contributed by atoms with van der Waals surface area (Å²) < 4.78 is 0. The summed E-state index contributed by atoms with van der Waals surface area (Å²) in [6.45, 7) is 11.9. The summed E-state index contributed by atoms with van der Waals surface area (Å²) in [7, 11) is 0. The van der Waals surface area contributed by atoms with Crippen LogP contribution in [0.15, 0.2) is 55.1 Å². The van der Waals surface area contributed by atoms with Crippen molar-refractivity contribution in [1.82, 2.24) is 0 Å². The van der Waals surface area contributed by atoms with Crippen LogP contribution in [0, 0.1) is 6.92 Å². The molecule has 0 atom stereocenters. The van der Waals surface area contributed by atoms with Gasteiger partial charge in [0.05, 0.1) is 0 Å². The summed E-state index contributed by atoms with van der Waals surface area (Å²) in [4.78, 5) is 0. The van der Waals surface area contributed by atoms with Crippen molar-refractivity contribution >= 4 is 5.57 Å². The standard InChI is InChI=1S/C15H18/c1-5-13(6-2)15(7-3)14-10-8-12(4)9-11-14/h5,7-11H,1,3,6H2,2,4H3/b15-13-. The second-order valence-corrected chi connectivity index (χ2v) is 3.57. The fourth-order valence-corrected chi connectivity index (χ4v) is 1.61. The highest BCUT2D eigenvalue weighted by Crippen LogP contribution is 2.22. The zero-order valence-electron chi connectivity index (χ0n) is 9.59. The predicted molar refractivity (Wildman–Crippen MR) is 68.8 cm³/mol. The Morgan fingerprint density at radius 3 is 2.13 bits per heavy atom. The Kier molecular flexibility index (Phi) is 4.11. The number of hydrogen-bond donors (Lipinski definition) is 0. The van der Waals surface area contributed by atoms with Crippen LogP contribution in [0.4, 0.5) is 0 Å². The lowest BCUT2D eigenvalue weighted by atomic mass is 9.97. The minimum Gasteiger partial charge on any atom is -0.0988 e. The van der Waals surface area contributed by atoms with Crippen LogP contribution in [-0.2, 0) is 0 Å². The zero-order valence-corrected chi connectivity index (χ0v) is 9.59. The Hall–Kier alpha value is -1.56. The third-order valence-electron chi connectivity index (χ3n) is 2.54. The molecular weight excluding hydrogens is 180 g/mol. The van der Waals surface area contributed by atoms with Crippen molar-refractivity contribution < 1.29 is 0 Å². The molecule has 15 heavy (non-hydrogen) atoms. The first-order valence-electron chi connectivity index (χ1n) is 5.28. The molecule has 0 amide bonds. The smallest absolute Gasteiger partial charge is 0.0158 e. The van der Waals surface area contributed by atoms with Crippen LogP contribution in [0.1, 0.15) is 24.5 Å². The minimum absolute atomic E-state index is 0.985. The van der Waals surface area contributed by atoms with E-state index in [1.54, 1.807) is 0 Å². The largest absolute Gasteiger partial charge is 0.0988 e. The Labute approximate surface area is 92.6 Å². The molecule has 0 nitrogen and oxygen atoms in total. The molecule has 0 aliphatic carbocycles. The second-order valence-electron chi connectivity index (χ2n) is 3.57. The molecule has 1 aromatic rings. The van der Waals surface area contributed by atoms with Crippen molar-refractivity contribution in [2.24, 2.45) is 0 Å². The average molecular weight is 198 g/mol. The molecule has 0 saturated heterocycles. The summed E-state index contributed by atoms with van der Waals surface area (Å²) in [5, 5.41) is 0. The van der Waals surface area contributed by atoms with Crippen LogP contribution in [-0.4, -0.2) is 0 Å². The second kappa shape index (κ2) is 5.35. The lowest BCUT2D eigenvalue weighted by molar-refractivity contribution is 1.16. The van der Waals surface area contributed by atoms with E-state index in [0.29, 0.717) is 0 Å². The van der Waals surface area contributed by atoms with Gasteiger partial charge in [-0.1, -0.05) is 62.1 Å². The Bertz CT molecular complexity index is 377. The van der Waals surface area contributed by atoms with E-state index >= 15 is 0 Å². The lowest BCUT2D eigenvalue weighted by Gasteiger charge is -2.07. The number of hydrogen-bond acceptors (Lipinski definition) is 0. The molecule has 0 spiro atoms. The van der Waals surface area contributed by atoms with E-state index in [4.69, 9.17) is 0 Å². The van der Waals surface area contributed by atoms with Gasteiger partial charge in [0, 0.05) is 0 Å². The third kappa shape index (κ3) is 2.69. The van der Waals surface area contributed by atoms with Crippen molar-refractivity contribution in [3.05, 3.63) is 66.3 Å². The summed E-state index contributed by atoms with van der Waals surface area (Å²) in [5.74, 6) is 0. The maximum absolute atomic E-state index is 3.87. The molecule has 1 aromatic carbocycles. The van der Waals surface area contributed by atoms with Gasteiger partial charge >= 0.3 is 0 Å². The highest BCUT2D eigenvalue weighted by Gasteiger charge is 2.01. The van der Waals surface area contributed by atoms with Crippen LogP contribution in [0.2, 0.25) is 0 Å². The third-order valence-corrected chi connectivity index (χ3v) is 2.54. The molecular formula is C15H18. The van der Waals surface area contributed by atoms with E-state index in [-0.39, 0.29) is 0 Å². The summed E-state index contributed by atoms with van der Waals surface area (Å²) >= 11 is 0. The van der Waals surface area contributed by atoms with Gasteiger partial charge in [-0.05, 0) is 30.1 Å². The molecule has 0 fully saturated rings. The van der Waals surface area contributed by atoms with Gasteiger partial charge in [0.25, 0.3) is 0 Å². The first-order chi connectivity index (χ1) is 7.22. The van der Waals surface area contributed by atoms with E-state index in [1.165, 1.54) is 22.3 Å². The van der Waals surface area contributed by atoms with Crippen molar-refractivity contribution in [1.29, 1.82) is 0 Å². The highest BCUT2D eigenvalue weighted by molar-refractivity contribution is 5.77. The molecule has 0 radical (unpaired) electrons. The van der Waals surface area contributed by atoms with Crippen LogP contribution in [0.25, 0.3) is 5.57 Å². The van der Waals surface area contributed by atoms with Crippen LogP contribution < -0.4 is 0 Å². The van der Waals surface area contributed by atoms with E-state index in [1.807, 2.05) is 12.2 Å². The molecule has 0 N–H and O–H groups in total. The summed E-state index contributed by atoms with van der Waals surface area (Å²) in [6, 6.07) is 8.50. The highest BCUT2D eigenvalue weighted by atomic mass is 14.1. The van der Waals surface area contributed by atoms with Gasteiger partial charge < -0.3 is 0 Å². The minimum atomic E-state index is 0.985. The van der Waals surface area contributed by atoms with Gasteiger partial charge in [0.1, 0.15) is 0 Å². The predicted octanol–water partition coefficient (Wildman–Crippen LogP) is 4.53. The van der Waals surface area contributed by atoms with Crippen LogP contribution in [0.3, 0.4) is 0 Å². The fraction of sp³-hybridized carbons (Fsp3) is 0.200. The van der Waals surface area contributed by atoms with Crippen LogP contribution in [0.5, 0.6) is 0 Å². The molecule has 0 aliphatic heterocycles. The lowest BCUT2D eigenvalue weighted by Crippen LogP contribution is -1.86. The van der Waals surface area contributed by atoms with E-state index in [2.05, 4.69) is 51.3 Å². The summed E-state index contributed by atoms with van der Waals surface area (Å²) in [6.07, 6.45) is 4.81. The van der Waals surface area contributed by atoms with Gasteiger partial charge in [-0.25, -0.2) is 0 Å². The number of allylic oxidation sites excluding steroid dienone is 4. The van der Waals surface area contributed by atoms with Crippen LogP contribution >= 0.6 is 0 Å². The molecule has 0 saturated carbocycles. The molecule has 0 aromatic heterocycles. The van der Waals surface area contributed by atoms with Crippen molar-refractivity contribution in [3.63, 3.8) is 0 Å². The first-order valence-corrected chi connectivity index (χ1v) is 5.28. The molecule has 0 unspecified atom stereocenters. The average Bonchev–Trinajstić information content (AvgIpc) is 2.27. The number of aryl methyl sites for hydroxylation is 1. The van der Waals surface area contributed by atoms with E-state index in [9.17, 15) is 0 Å². The Morgan fingerprint density at radius 2 is 1.73 bits per heavy atom. The molecule has 78 valence electrons. The topological polar surface area (TPSA) is 0 Å². The van der Waals surface area contributed by atoms with Gasteiger partial charge in [0.2, 0.25) is 0 Å². The Balaban J connectivity index is 3.23. The van der Waals surface area contributed by atoms with Crippen molar-refractivity contribution in [2.75, 3.05) is 0 Å². The normalized spacial score (nSPS) is 11.9. The monoisotopic (exact) mass is 198 g/mol. The van der Waals surface area contributed by atoms with Gasteiger partial charge in [-0.15, -0.1) is 0 Å². The number of benzene rings is 1. The molecule has 0 aliphatic rings. The Morgan fingerprint density at radius 1 is 1.13 bits per heavy atom. The maximum Gasteiger partial charge on any atom is -0.0158 e. The maximum atomic E-state index is 3.87. The van der Waals surface area contributed by atoms with E-state index in [0.717, 1.165) is 6.42 Å².